The monoisotopic (exact) mass is 392 g/mol. The SMILES string of the molecule is CC.CCOC(=O)c1cnn(-c2cccc(-c3cccc(NN)c3)c2)c1C1CC1. The maximum atomic E-state index is 12.3. The number of benzene rings is 2. The number of hydrogen-bond acceptors (Lipinski definition) is 5. The van der Waals surface area contributed by atoms with Crippen LogP contribution in [0.2, 0.25) is 0 Å². The third kappa shape index (κ3) is 4.49. The normalized spacial score (nSPS) is 12.7. The van der Waals surface area contributed by atoms with Gasteiger partial charge >= 0.3 is 5.97 Å². The van der Waals surface area contributed by atoms with Gasteiger partial charge in [-0.25, -0.2) is 9.48 Å². The van der Waals surface area contributed by atoms with E-state index < -0.39 is 0 Å². The van der Waals surface area contributed by atoms with Crippen LogP contribution in [0.3, 0.4) is 0 Å². The Kier molecular flexibility index (Phi) is 6.67. The number of nitrogens with one attached hydrogen (secondary N) is 1. The van der Waals surface area contributed by atoms with Gasteiger partial charge in [-0.05, 0) is 55.2 Å². The lowest BCUT2D eigenvalue weighted by Gasteiger charge is -2.11. The number of hydrazine groups is 1. The van der Waals surface area contributed by atoms with Crippen molar-refractivity contribution in [3.8, 4) is 16.8 Å². The van der Waals surface area contributed by atoms with Gasteiger partial charge in [0, 0.05) is 11.6 Å². The summed E-state index contributed by atoms with van der Waals surface area (Å²) in [7, 11) is 0. The Bertz CT molecular complexity index is 977. The molecule has 1 aliphatic carbocycles. The van der Waals surface area contributed by atoms with Crippen LogP contribution in [0.25, 0.3) is 16.8 Å². The second kappa shape index (κ2) is 9.39. The third-order valence-corrected chi connectivity index (χ3v) is 4.72. The van der Waals surface area contributed by atoms with Crippen molar-refractivity contribution in [2.45, 2.75) is 39.5 Å². The molecule has 152 valence electrons. The Labute approximate surface area is 171 Å². The van der Waals surface area contributed by atoms with Crippen molar-refractivity contribution in [3.05, 3.63) is 66.0 Å². The van der Waals surface area contributed by atoms with E-state index in [4.69, 9.17) is 10.6 Å². The summed E-state index contributed by atoms with van der Waals surface area (Å²) < 4.78 is 7.08. The van der Waals surface area contributed by atoms with Crippen LogP contribution >= 0.6 is 0 Å². The average molecular weight is 393 g/mol. The van der Waals surface area contributed by atoms with Crippen molar-refractivity contribution in [1.82, 2.24) is 9.78 Å². The van der Waals surface area contributed by atoms with Gasteiger partial charge in [-0.2, -0.15) is 5.10 Å². The number of carbonyl (C=O) groups excluding carboxylic acids is 1. The molecule has 1 saturated carbocycles. The molecule has 0 saturated heterocycles. The fourth-order valence-electron chi connectivity index (χ4n) is 3.29. The van der Waals surface area contributed by atoms with Gasteiger partial charge in [0.25, 0.3) is 0 Å². The van der Waals surface area contributed by atoms with Crippen molar-refractivity contribution in [2.75, 3.05) is 12.0 Å². The second-order valence-electron chi connectivity index (χ2n) is 6.63. The molecule has 0 atom stereocenters. The summed E-state index contributed by atoms with van der Waals surface area (Å²) in [6.45, 7) is 6.17. The zero-order chi connectivity index (χ0) is 20.8. The quantitative estimate of drug-likeness (QED) is 0.354. The zero-order valence-corrected chi connectivity index (χ0v) is 17.2. The topological polar surface area (TPSA) is 82.2 Å². The largest absolute Gasteiger partial charge is 0.462 e. The van der Waals surface area contributed by atoms with Crippen molar-refractivity contribution >= 4 is 11.7 Å². The third-order valence-electron chi connectivity index (χ3n) is 4.72. The second-order valence-corrected chi connectivity index (χ2v) is 6.63. The molecule has 0 amide bonds. The highest BCUT2D eigenvalue weighted by atomic mass is 16.5. The first kappa shape index (κ1) is 20.6. The van der Waals surface area contributed by atoms with Crippen LogP contribution in [0.5, 0.6) is 0 Å². The van der Waals surface area contributed by atoms with Crippen LogP contribution in [0.15, 0.2) is 54.7 Å². The number of rotatable bonds is 6. The lowest BCUT2D eigenvalue weighted by Crippen LogP contribution is -2.09. The summed E-state index contributed by atoms with van der Waals surface area (Å²) in [5, 5.41) is 4.50. The van der Waals surface area contributed by atoms with Gasteiger partial charge in [0.15, 0.2) is 0 Å². The minimum atomic E-state index is -0.302. The number of nitrogen functional groups attached to an aromatic ring is 1. The molecule has 3 N–H and O–H groups in total. The highest BCUT2D eigenvalue weighted by molar-refractivity contribution is 5.91. The van der Waals surface area contributed by atoms with Gasteiger partial charge in [-0.15, -0.1) is 0 Å². The fourth-order valence-corrected chi connectivity index (χ4v) is 3.29. The molecule has 0 spiro atoms. The molecule has 6 heteroatoms. The number of ether oxygens (including phenoxy) is 1. The fraction of sp³-hybridized carbons (Fsp3) is 0.304. The maximum absolute atomic E-state index is 12.3. The van der Waals surface area contributed by atoms with Gasteiger partial charge in [-0.1, -0.05) is 38.1 Å². The number of carbonyl (C=O) groups is 1. The van der Waals surface area contributed by atoms with E-state index in [1.807, 2.05) is 67.9 Å². The molecule has 1 aromatic heterocycles. The molecule has 2 aromatic carbocycles. The predicted molar refractivity (Wildman–Crippen MR) is 116 cm³/mol. The molecular formula is C23H28N4O2. The standard InChI is InChI=1S/C21H22N4O2.C2H6/c1-2-27-21(26)19-13-23-25(20(19)14-9-10-14)18-8-4-6-16(12-18)15-5-3-7-17(11-15)24-22;1-2/h3-8,11-14,24H,2,9-10,22H2,1H3;1-2H3. The Morgan fingerprint density at radius 1 is 1.17 bits per heavy atom. The van der Waals surface area contributed by atoms with E-state index in [2.05, 4.69) is 16.6 Å². The summed E-state index contributed by atoms with van der Waals surface area (Å²) in [6, 6.07) is 16.0. The highest BCUT2D eigenvalue weighted by Crippen LogP contribution is 2.42. The van der Waals surface area contributed by atoms with Crippen LogP contribution in [0.4, 0.5) is 5.69 Å². The van der Waals surface area contributed by atoms with E-state index in [1.54, 1.807) is 6.20 Å². The van der Waals surface area contributed by atoms with Crippen molar-refractivity contribution in [2.24, 2.45) is 5.84 Å². The highest BCUT2D eigenvalue weighted by Gasteiger charge is 2.33. The summed E-state index contributed by atoms with van der Waals surface area (Å²) in [5.74, 6) is 5.58. The first-order chi connectivity index (χ1) is 14.2. The lowest BCUT2D eigenvalue weighted by molar-refractivity contribution is 0.0525. The van der Waals surface area contributed by atoms with Gasteiger partial charge < -0.3 is 10.2 Å². The molecule has 1 fully saturated rings. The number of esters is 1. The molecule has 6 nitrogen and oxygen atoms in total. The van der Waals surface area contributed by atoms with E-state index in [0.29, 0.717) is 18.1 Å². The Morgan fingerprint density at radius 3 is 2.52 bits per heavy atom. The van der Waals surface area contributed by atoms with Gasteiger partial charge in [0.05, 0.1) is 24.2 Å². The Morgan fingerprint density at radius 2 is 1.86 bits per heavy atom. The predicted octanol–water partition coefficient (Wildman–Crippen LogP) is 4.91. The number of aromatic nitrogens is 2. The van der Waals surface area contributed by atoms with Crippen LogP contribution in [0, 0.1) is 0 Å². The van der Waals surface area contributed by atoms with E-state index in [1.165, 1.54) is 0 Å². The molecular weight excluding hydrogens is 364 g/mol. The van der Waals surface area contributed by atoms with Gasteiger partial charge in [0.2, 0.25) is 0 Å². The van der Waals surface area contributed by atoms with E-state index >= 15 is 0 Å². The van der Waals surface area contributed by atoms with E-state index in [9.17, 15) is 4.79 Å². The maximum Gasteiger partial charge on any atom is 0.341 e. The average Bonchev–Trinajstić information content (AvgIpc) is 3.53. The molecule has 3 aromatic rings. The molecule has 0 bridgehead atoms. The first-order valence-electron chi connectivity index (χ1n) is 10.1. The molecule has 0 unspecified atom stereocenters. The van der Waals surface area contributed by atoms with Crippen LogP contribution in [0.1, 0.15) is 55.6 Å². The van der Waals surface area contributed by atoms with Crippen LogP contribution < -0.4 is 11.3 Å². The number of hydrogen-bond donors (Lipinski definition) is 2. The summed E-state index contributed by atoms with van der Waals surface area (Å²) in [4.78, 5) is 12.3. The van der Waals surface area contributed by atoms with E-state index in [0.717, 1.165) is 41.0 Å². The Hall–Kier alpha value is -3.12. The molecule has 1 heterocycles. The number of anilines is 1. The minimum Gasteiger partial charge on any atom is -0.462 e. The van der Waals surface area contributed by atoms with E-state index in [-0.39, 0.29) is 5.97 Å². The molecule has 0 radical (unpaired) electrons. The summed E-state index contributed by atoms with van der Waals surface area (Å²) >= 11 is 0. The van der Waals surface area contributed by atoms with Gasteiger partial charge in [0.1, 0.15) is 5.56 Å². The molecule has 1 aliphatic rings. The van der Waals surface area contributed by atoms with Gasteiger partial charge in [-0.3, -0.25) is 5.84 Å². The van der Waals surface area contributed by atoms with Crippen molar-refractivity contribution in [3.63, 3.8) is 0 Å². The number of nitrogens with zero attached hydrogens (tertiary/aromatic N) is 2. The van der Waals surface area contributed by atoms with Crippen molar-refractivity contribution in [1.29, 1.82) is 0 Å². The summed E-state index contributed by atoms with van der Waals surface area (Å²) in [6.07, 6.45) is 3.77. The Balaban J connectivity index is 0.00000117. The minimum absolute atomic E-state index is 0.302. The first-order valence-corrected chi connectivity index (χ1v) is 10.1. The van der Waals surface area contributed by atoms with Crippen molar-refractivity contribution < 1.29 is 9.53 Å². The molecule has 29 heavy (non-hydrogen) atoms. The summed E-state index contributed by atoms with van der Waals surface area (Å²) in [5.41, 5.74) is 8.07. The molecule has 4 rings (SSSR count). The lowest BCUT2D eigenvalue weighted by atomic mass is 10.0. The zero-order valence-electron chi connectivity index (χ0n) is 17.2. The molecule has 0 aliphatic heterocycles. The number of nitrogens with two attached hydrogens (primary N) is 1. The van der Waals surface area contributed by atoms with Crippen LogP contribution in [-0.2, 0) is 4.74 Å². The smallest absolute Gasteiger partial charge is 0.341 e. The van der Waals surface area contributed by atoms with Crippen LogP contribution in [-0.4, -0.2) is 22.4 Å².